The van der Waals surface area contributed by atoms with Gasteiger partial charge in [-0.2, -0.15) is 0 Å². The molecule has 0 bridgehead atoms. The number of aliphatic hydroxyl groups excluding tert-OH is 1. The highest BCUT2D eigenvalue weighted by Gasteiger charge is 2.40. The van der Waals surface area contributed by atoms with Gasteiger partial charge in [0.1, 0.15) is 48.5 Å². The van der Waals surface area contributed by atoms with E-state index >= 15 is 4.39 Å². The third-order valence-corrected chi connectivity index (χ3v) is 13.7. The number of amides is 10. The van der Waals surface area contributed by atoms with Crippen LogP contribution in [0.4, 0.5) is 8.78 Å². The molecule has 0 saturated carbocycles. The molecule has 1 saturated heterocycles. The van der Waals surface area contributed by atoms with Crippen molar-refractivity contribution in [2.45, 2.75) is 141 Å². The fourth-order valence-electron chi connectivity index (χ4n) is 9.41. The van der Waals surface area contributed by atoms with Gasteiger partial charge < -0.3 is 71.9 Å². The second kappa shape index (κ2) is 32.7. The zero-order chi connectivity index (χ0) is 65.7. The molecule has 4 rings (SSSR count). The number of carbonyl (C=O) groups excluding carboxylic acids is 11. The van der Waals surface area contributed by atoms with Gasteiger partial charge in [-0.25, -0.2) is 18.4 Å². The predicted octanol–water partition coefficient (Wildman–Crippen LogP) is 0.149. The van der Waals surface area contributed by atoms with E-state index in [-0.39, 0.29) is 36.9 Å². The van der Waals surface area contributed by atoms with E-state index in [0.717, 1.165) is 30.8 Å². The molecule has 1 fully saturated rings. The number of likely N-dealkylation sites (N-methyl/N-ethyl adjacent to an activating group) is 1. The number of aliphatic hydroxyl groups is 1. The summed E-state index contributed by atoms with van der Waals surface area (Å²) in [5, 5.41) is 50.7. The molecule has 1 aliphatic heterocycles. The number of imide groups is 1. The first-order valence-corrected chi connectivity index (χ1v) is 27.7. The maximum Gasteiger partial charge on any atom is 0.333 e. The number of nitrogens with one attached hydrogen (secondary N) is 5. The number of halogens is 2. The van der Waals surface area contributed by atoms with E-state index in [0.29, 0.717) is 15.7 Å². The minimum atomic E-state index is -2.06. The highest BCUT2D eigenvalue weighted by atomic mass is 19.1. The Balaban J connectivity index is 1.66. The Labute approximate surface area is 502 Å². The van der Waals surface area contributed by atoms with E-state index in [2.05, 4.69) is 26.6 Å². The topological polar surface area (TPSA) is 430 Å². The van der Waals surface area contributed by atoms with Crippen LogP contribution in [0, 0.1) is 17.0 Å². The molecule has 88 heavy (non-hydrogen) atoms. The summed E-state index contributed by atoms with van der Waals surface area (Å²) >= 11 is 0. The van der Waals surface area contributed by atoms with E-state index < -0.39 is 207 Å². The van der Waals surface area contributed by atoms with Crippen LogP contribution in [-0.2, 0) is 78.5 Å². The predicted molar refractivity (Wildman–Crippen MR) is 300 cm³/mol. The number of nitrogens with zero attached hydrogens (tertiary/aromatic N) is 4. The minimum Gasteiger partial charge on any atom is -0.481 e. The number of primary amides is 1. The summed E-state index contributed by atoms with van der Waals surface area (Å²) in [7, 11) is 0.986. The Morgan fingerprint density at radius 1 is 0.739 bits per heavy atom. The molecule has 0 unspecified atom stereocenters. The molecule has 29 nitrogen and oxygen atoms in total. The Bertz CT molecular complexity index is 3100. The molecule has 11 N–H and O–H groups in total. The molecule has 31 heteroatoms. The van der Waals surface area contributed by atoms with Crippen LogP contribution in [0.15, 0.2) is 60.8 Å². The van der Waals surface area contributed by atoms with Gasteiger partial charge in [-0.15, -0.1) is 5.06 Å². The van der Waals surface area contributed by atoms with E-state index in [4.69, 9.17) is 15.7 Å². The summed E-state index contributed by atoms with van der Waals surface area (Å²) in [6.45, 7) is 4.22. The standard InChI is InChI=1S/C57H72F2N10O19/c1-31(62-43(72)12-9-13-50(81)88-69-45(74)17-18-46(69)75)55(85)66(5)41(27-49(79)80)54(84)65-39(26-42(60)71)53(83)64-37(52(82)61-22-20-44(73)63-38(56(86)87)16-19-48(77)78)21-23-68(47(76)30-70)51(57(2,3)4)40-24-33(35-25-34(58)14-15-36(35)59)29-67(40)28-32-10-7-6-8-11-32/h6-8,10-11,14-15,24-25,29,31,37-39,41,51,70H,9,12-13,16-23,26-28,30H2,1-5H3,(H2,60,71)(H,61,82)(H,62,72)(H,63,73)(H,64,83)(H,65,84)(H,77,78)(H,79,80)(H,86,87)/t31-,37-,38+,39-,41-,51-/m0/s1. The van der Waals surface area contributed by atoms with Crippen molar-refractivity contribution in [2.24, 2.45) is 11.1 Å². The molecule has 1 aliphatic rings. The molecule has 2 heterocycles. The van der Waals surface area contributed by atoms with Crippen molar-refractivity contribution in [1.82, 2.24) is 46.0 Å². The van der Waals surface area contributed by atoms with Gasteiger partial charge in [0.15, 0.2) is 0 Å². The molecule has 3 aromatic rings. The van der Waals surface area contributed by atoms with Crippen molar-refractivity contribution in [3.63, 3.8) is 0 Å². The lowest BCUT2D eigenvalue weighted by molar-refractivity contribution is -0.197. The maximum absolute atomic E-state index is 15.5. The van der Waals surface area contributed by atoms with Crippen LogP contribution in [0.3, 0.4) is 0 Å². The van der Waals surface area contributed by atoms with Crippen molar-refractivity contribution in [2.75, 3.05) is 26.7 Å². The lowest BCUT2D eigenvalue weighted by atomic mass is 9.82. The fourth-order valence-corrected chi connectivity index (χ4v) is 9.41. The van der Waals surface area contributed by atoms with Gasteiger partial charge in [-0.1, -0.05) is 51.1 Å². The largest absolute Gasteiger partial charge is 0.481 e. The smallest absolute Gasteiger partial charge is 0.333 e. The number of rotatable bonds is 34. The first kappa shape index (κ1) is 70.8. The number of carbonyl (C=O) groups is 14. The van der Waals surface area contributed by atoms with Crippen LogP contribution < -0.4 is 32.3 Å². The number of hydroxylamine groups is 2. The average molecular weight is 1240 g/mol. The molecule has 10 amide bonds. The van der Waals surface area contributed by atoms with Crippen molar-refractivity contribution < 1.29 is 101 Å². The highest BCUT2D eigenvalue weighted by molar-refractivity contribution is 6.02. The summed E-state index contributed by atoms with van der Waals surface area (Å²) < 4.78 is 31.8. The third kappa shape index (κ3) is 21.4. The second-order valence-corrected chi connectivity index (χ2v) is 21.7. The van der Waals surface area contributed by atoms with Crippen molar-refractivity contribution in [1.29, 1.82) is 0 Å². The molecule has 6 atom stereocenters. The SMILES string of the molecule is C[C@H](NC(=O)CCCC(=O)ON1C(=O)CCC1=O)C(=O)N(C)[C@@H](CC(=O)O)C(=O)N[C@@H](CC(N)=O)C(=O)N[C@@H](CCN(C(=O)CO)[C@@H](c1cc(-c2cc(F)ccc2F)cn1Cc1ccccc1)C(C)(C)C)C(=O)NCCC(=O)N[C@H](CCC(=O)O)C(=O)O. The quantitative estimate of drug-likeness (QED) is 0.0356. The zero-order valence-corrected chi connectivity index (χ0v) is 48.9. The van der Waals surface area contributed by atoms with Crippen LogP contribution in [-0.4, -0.2) is 180 Å². The van der Waals surface area contributed by atoms with Crippen LogP contribution >= 0.6 is 0 Å². The van der Waals surface area contributed by atoms with Crippen LogP contribution in [0.25, 0.3) is 11.1 Å². The summed E-state index contributed by atoms with van der Waals surface area (Å²) in [4.78, 5) is 186. The third-order valence-electron chi connectivity index (χ3n) is 13.7. The van der Waals surface area contributed by atoms with E-state index in [1.54, 1.807) is 61.9 Å². The fraction of sp³-hybridized carbons (Fsp3) is 0.474. The van der Waals surface area contributed by atoms with Crippen molar-refractivity contribution >= 4 is 82.9 Å². The molecule has 0 aliphatic carbocycles. The van der Waals surface area contributed by atoms with Gasteiger partial charge in [0.2, 0.25) is 47.3 Å². The van der Waals surface area contributed by atoms with Crippen molar-refractivity contribution in [3.05, 3.63) is 83.7 Å². The number of aromatic nitrogens is 1. The van der Waals surface area contributed by atoms with Crippen LogP contribution in [0.5, 0.6) is 0 Å². The number of hydrogen-bond acceptors (Lipinski definition) is 16. The molecule has 1 aromatic heterocycles. The Kier molecular flexibility index (Phi) is 26.3. The number of aliphatic carboxylic acids is 3. The summed E-state index contributed by atoms with van der Waals surface area (Å²) in [5.74, 6) is -17.4. The highest BCUT2D eigenvalue weighted by Crippen LogP contribution is 2.41. The maximum atomic E-state index is 15.5. The van der Waals surface area contributed by atoms with Crippen LogP contribution in [0.1, 0.15) is 116 Å². The molecule has 0 spiro atoms. The summed E-state index contributed by atoms with van der Waals surface area (Å²) in [6.07, 6.45) is -4.26. The lowest BCUT2D eigenvalue weighted by Gasteiger charge is -2.41. The average Bonchev–Trinajstić information content (AvgIpc) is 3.54. The molecule has 0 radical (unpaired) electrons. The number of carboxylic acids is 3. The first-order chi connectivity index (χ1) is 41.3. The van der Waals surface area contributed by atoms with Gasteiger partial charge in [0, 0.05) is 88.2 Å². The number of hydrogen-bond donors (Lipinski definition) is 10. The van der Waals surface area contributed by atoms with Gasteiger partial charge in [0.25, 0.3) is 11.8 Å². The normalized spacial score (nSPS) is 14.2. The van der Waals surface area contributed by atoms with Crippen molar-refractivity contribution in [3.8, 4) is 11.1 Å². The second-order valence-electron chi connectivity index (χ2n) is 21.7. The van der Waals surface area contributed by atoms with Gasteiger partial charge >= 0.3 is 23.9 Å². The zero-order valence-electron chi connectivity index (χ0n) is 48.9. The van der Waals surface area contributed by atoms with Crippen LogP contribution in [0.2, 0.25) is 0 Å². The Morgan fingerprint density at radius 2 is 1.38 bits per heavy atom. The molecule has 2 aromatic carbocycles. The molecular weight excluding hydrogens is 1170 g/mol. The monoisotopic (exact) mass is 1240 g/mol. The summed E-state index contributed by atoms with van der Waals surface area (Å²) in [5.41, 5.74) is 5.60. The number of carboxylic acid groups (broad SMARTS) is 3. The number of nitrogens with two attached hydrogens (primary N) is 1. The van der Waals surface area contributed by atoms with Gasteiger partial charge in [-0.3, -0.25) is 57.5 Å². The Morgan fingerprint density at radius 3 is 1.97 bits per heavy atom. The first-order valence-electron chi connectivity index (χ1n) is 27.7. The van der Waals surface area contributed by atoms with Gasteiger partial charge in [0.05, 0.1) is 18.9 Å². The molecular formula is C57H72F2N10O19. The Hall–Kier alpha value is -9.68. The van der Waals surface area contributed by atoms with E-state index in [9.17, 15) is 86.8 Å². The van der Waals surface area contributed by atoms with E-state index in [1.165, 1.54) is 17.9 Å². The van der Waals surface area contributed by atoms with E-state index in [1.807, 2.05) is 0 Å². The summed E-state index contributed by atoms with van der Waals surface area (Å²) in [6, 6.07) is 3.15. The lowest BCUT2D eigenvalue weighted by Crippen LogP contribution is -2.59. The minimum absolute atomic E-state index is 0.111. The molecule has 478 valence electrons. The number of benzene rings is 2. The van der Waals surface area contributed by atoms with Gasteiger partial charge in [-0.05, 0) is 61.4 Å².